The molecule has 0 aliphatic carbocycles. The minimum Gasteiger partial charge on any atom is -0.319 e. The molecule has 0 aliphatic rings. The molecule has 2 heterocycles. The molecule has 3 rings (SSSR count). The van der Waals surface area contributed by atoms with Crippen LogP contribution in [0.4, 0.5) is 14.5 Å². The van der Waals surface area contributed by atoms with Gasteiger partial charge in [0.05, 0.1) is 11.3 Å². The molecule has 0 fully saturated rings. The van der Waals surface area contributed by atoms with E-state index in [1.807, 2.05) is 0 Å². The van der Waals surface area contributed by atoms with Crippen LogP contribution in [0.3, 0.4) is 0 Å². The Kier molecular flexibility index (Phi) is 4.87. The Morgan fingerprint density at radius 2 is 1.72 bits per heavy atom. The highest BCUT2D eigenvalue weighted by atomic mass is 35.5. The summed E-state index contributed by atoms with van der Waals surface area (Å²) in [5.41, 5.74) is 0.260. The lowest BCUT2D eigenvalue weighted by molar-refractivity contribution is 0.102. The van der Waals surface area contributed by atoms with E-state index < -0.39 is 17.5 Å². The average Bonchev–Trinajstić information content (AvgIpc) is 2.59. The van der Waals surface area contributed by atoms with Gasteiger partial charge in [0, 0.05) is 29.7 Å². The number of anilines is 1. The maximum atomic E-state index is 14.1. The topological polar surface area (TPSA) is 67.8 Å². The van der Waals surface area contributed by atoms with Crippen molar-refractivity contribution in [2.45, 2.75) is 0 Å². The Morgan fingerprint density at radius 1 is 1.00 bits per heavy atom. The van der Waals surface area contributed by atoms with Gasteiger partial charge in [-0.05, 0) is 35.9 Å². The molecule has 1 aromatic carbocycles. The lowest BCUT2D eigenvalue weighted by atomic mass is 10.0. The number of halogens is 4. The number of amides is 1. The van der Waals surface area contributed by atoms with Crippen LogP contribution in [0.5, 0.6) is 0 Å². The van der Waals surface area contributed by atoms with Crippen LogP contribution in [0, 0.1) is 11.6 Å². The molecule has 0 saturated heterocycles. The van der Waals surface area contributed by atoms with Gasteiger partial charge in [-0.1, -0.05) is 11.6 Å². The summed E-state index contributed by atoms with van der Waals surface area (Å²) < 4.78 is 27.6. The van der Waals surface area contributed by atoms with Gasteiger partial charge in [-0.2, -0.15) is 0 Å². The fraction of sp³-hybridized carbons (Fsp3) is 0. The smallest absolute Gasteiger partial charge is 0.258 e. The monoisotopic (exact) mass is 380 g/mol. The van der Waals surface area contributed by atoms with E-state index in [0.29, 0.717) is 0 Å². The zero-order chi connectivity index (χ0) is 18.0. The molecule has 0 aliphatic heterocycles. The van der Waals surface area contributed by atoms with Crippen LogP contribution < -0.4 is 5.32 Å². The lowest BCUT2D eigenvalue weighted by Crippen LogP contribution is -2.14. The van der Waals surface area contributed by atoms with Gasteiger partial charge < -0.3 is 5.32 Å². The number of carbonyl (C=O) groups is 1. The van der Waals surface area contributed by atoms with E-state index in [2.05, 4.69) is 20.3 Å². The zero-order valence-corrected chi connectivity index (χ0v) is 13.8. The van der Waals surface area contributed by atoms with Gasteiger partial charge >= 0.3 is 0 Å². The SMILES string of the molecule is O=C(Nc1c(-c2cc(F)ccc2F)ccnc1Cl)c1cnc(Cl)nc1. The van der Waals surface area contributed by atoms with Crippen LogP contribution in [-0.4, -0.2) is 20.9 Å². The Labute approximate surface area is 150 Å². The minimum absolute atomic E-state index is 0.0153. The summed E-state index contributed by atoms with van der Waals surface area (Å²) >= 11 is 11.6. The number of nitrogens with one attached hydrogen (secondary N) is 1. The maximum Gasteiger partial charge on any atom is 0.258 e. The van der Waals surface area contributed by atoms with Gasteiger partial charge in [-0.15, -0.1) is 0 Å². The normalized spacial score (nSPS) is 10.6. The van der Waals surface area contributed by atoms with Gasteiger partial charge in [0.1, 0.15) is 11.6 Å². The van der Waals surface area contributed by atoms with E-state index in [-0.39, 0.29) is 32.8 Å². The van der Waals surface area contributed by atoms with Crippen LogP contribution >= 0.6 is 23.2 Å². The van der Waals surface area contributed by atoms with Crippen molar-refractivity contribution in [3.8, 4) is 11.1 Å². The molecule has 0 spiro atoms. The molecule has 0 radical (unpaired) electrons. The second-order valence-corrected chi connectivity index (χ2v) is 5.54. The molecule has 1 amide bonds. The molecule has 0 atom stereocenters. The van der Waals surface area contributed by atoms with Crippen molar-refractivity contribution in [3.63, 3.8) is 0 Å². The second-order valence-electron chi connectivity index (χ2n) is 4.84. The fourth-order valence-corrected chi connectivity index (χ4v) is 2.40. The number of carbonyl (C=O) groups excluding carboxylic acids is 1. The molecule has 2 aromatic heterocycles. The largest absolute Gasteiger partial charge is 0.319 e. The molecule has 0 saturated carbocycles. The molecular formula is C16H8Cl2F2N4O. The van der Waals surface area contributed by atoms with Crippen LogP contribution in [0.1, 0.15) is 10.4 Å². The zero-order valence-electron chi connectivity index (χ0n) is 12.3. The van der Waals surface area contributed by atoms with E-state index >= 15 is 0 Å². The third-order valence-corrected chi connectivity index (χ3v) is 3.73. The van der Waals surface area contributed by atoms with Crippen LogP contribution in [-0.2, 0) is 0 Å². The number of pyridine rings is 1. The van der Waals surface area contributed by atoms with Gasteiger partial charge in [0.2, 0.25) is 5.28 Å². The highest BCUT2D eigenvalue weighted by molar-refractivity contribution is 6.33. The summed E-state index contributed by atoms with van der Waals surface area (Å²) in [6.45, 7) is 0. The van der Waals surface area contributed by atoms with Crippen molar-refractivity contribution in [2.75, 3.05) is 5.32 Å². The van der Waals surface area contributed by atoms with Gasteiger partial charge in [-0.25, -0.2) is 23.7 Å². The van der Waals surface area contributed by atoms with Crippen molar-refractivity contribution in [2.24, 2.45) is 0 Å². The minimum atomic E-state index is -0.672. The summed E-state index contributed by atoms with van der Waals surface area (Å²) in [4.78, 5) is 23.6. The first kappa shape index (κ1) is 17.2. The molecule has 3 aromatic rings. The van der Waals surface area contributed by atoms with E-state index in [9.17, 15) is 13.6 Å². The Morgan fingerprint density at radius 3 is 2.44 bits per heavy atom. The molecule has 9 heteroatoms. The highest BCUT2D eigenvalue weighted by Crippen LogP contribution is 2.34. The summed E-state index contributed by atoms with van der Waals surface area (Å²) in [5, 5.41) is 2.42. The Balaban J connectivity index is 2.03. The van der Waals surface area contributed by atoms with Crippen molar-refractivity contribution in [3.05, 3.63) is 70.5 Å². The number of nitrogens with zero attached hydrogens (tertiary/aromatic N) is 3. The van der Waals surface area contributed by atoms with Gasteiger partial charge in [-0.3, -0.25) is 4.79 Å². The average molecular weight is 381 g/mol. The molecule has 0 unspecified atom stereocenters. The number of benzene rings is 1. The van der Waals surface area contributed by atoms with E-state index in [4.69, 9.17) is 23.2 Å². The first-order valence-electron chi connectivity index (χ1n) is 6.84. The predicted octanol–water partition coefficient (Wildman–Crippen LogP) is 4.38. The van der Waals surface area contributed by atoms with Crippen LogP contribution in [0.2, 0.25) is 10.4 Å². The third kappa shape index (κ3) is 3.72. The van der Waals surface area contributed by atoms with Crippen molar-refractivity contribution in [1.29, 1.82) is 0 Å². The number of rotatable bonds is 3. The Bertz CT molecular complexity index is 951. The molecule has 25 heavy (non-hydrogen) atoms. The highest BCUT2D eigenvalue weighted by Gasteiger charge is 2.17. The molecule has 0 bridgehead atoms. The Hall–Kier alpha value is -2.64. The first-order chi connectivity index (χ1) is 12.0. The second kappa shape index (κ2) is 7.08. The van der Waals surface area contributed by atoms with Crippen molar-refractivity contribution in [1.82, 2.24) is 15.0 Å². The summed E-state index contributed by atoms with van der Waals surface area (Å²) in [6.07, 6.45) is 3.76. The maximum absolute atomic E-state index is 14.1. The third-order valence-electron chi connectivity index (χ3n) is 3.24. The lowest BCUT2D eigenvalue weighted by Gasteiger charge is -2.13. The first-order valence-corrected chi connectivity index (χ1v) is 7.60. The molecule has 5 nitrogen and oxygen atoms in total. The van der Waals surface area contributed by atoms with E-state index in [0.717, 1.165) is 18.2 Å². The van der Waals surface area contributed by atoms with Gasteiger partial charge in [0.25, 0.3) is 5.91 Å². The predicted molar refractivity (Wildman–Crippen MR) is 89.6 cm³/mol. The molecule has 1 N–H and O–H groups in total. The standard InChI is InChI=1S/C16H8Cl2F2N4O/c17-14-13(24-15(25)8-6-22-16(18)23-7-8)10(3-4-21-14)11-5-9(19)1-2-12(11)20/h1-7H,(H,24,25). The van der Waals surface area contributed by atoms with Crippen LogP contribution in [0.15, 0.2) is 42.9 Å². The van der Waals surface area contributed by atoms with Crippen LogP contribution in [0.25, 0.3) is 11.1 Å². The number of aromatic nitrogens is 3. The van der Waals surface area contributed by atoms with Crippen molar-refractivity contribution < 1.29 is 13.6 Å². The summed E-state index contributed by atoms with van der Waals surface area (Å²) in [5.74, 6) is -1.91. The fourth-order valence-electron chi connectivity index (χ4n) is 2.10. The van der Waals surface area contributed by atoms with Crippen molar-refractivity contribution >= 4 is 34.8 Å². The summed E-state index contributed by atoms with van der Waals surface area (Å²) in [6, 6.07) is 4.39. The quantitative estimate of drug-likeness (QED) is 0.540. The molecule has 126 valence electrons. The molecular weight excluding hydrogens is 373 g/mol. The van der Waals surface area contributed by atoms with E-state index in [1.165, 1.54) is 24.7 Å². The summed E-state index contributed by atoms with van der Waals surface area (Å²) in [7, 11) is 0. The van der Waals surface area contributed by atoms with E-state index in [1.54, 1.807) is 0 Å². The number of hydrogen-bond acceptors (Lipinski definition) is 4. The van der Waals surface area contributed by atoms with Gasteiger partial charge in [0.15, 0.2) is 5.15 Å². The number of hydrogen-bond donors (Lipinski definition) is 1.